The minimum atomic E-state index is -0.436. The van der Waals surface area contributed by atoms with Gasteiger partial charge in [0.2, 0.25) is 0 Å². The number of H-pyrrole nitrogens is 1. The molecule has 1 atom stereocenters. The van der Waals surface area contributed by atoms with Crippen molar-refractivity contribution in [3.63, 3.8) is 0 Å². The number of hydrogen-bond acceptors (Lipinski definition) is 4. The average molecular weight is 404 g/mol. The van der Waals surface area contributed by atoms with Crippen LogP contribution >= 0.6 is 11.6 Å². The quantitative estimate of drug-likeness (QED) is 0.747. The molecule has 3 rings (SSSR count). The van der Waals surface area contributed by atoms with E-state index in [4.69, 9.17) is 16.3 Å². The lowest BCUT2D eigenvalue weighted by Crippen LogP contribution is -2.31. The molecule has 28 heavy (non-hydrogen) atoms. The van der Waals surface area contributed by atoms with Gasteiger partial charge in [-0.05, 0) is 56.4 Å². The number of carbonyl (C=O) groups excluding carboxylic acids is 2. The summed E-state index contributed by atoms with van der Waals surface area (Å²) in [5.41, 5.74) is 4.44. The number of nitrogens with zero attached hydrogens (tertiary/aromatic N) is 1. The maximum atomic E-state index is 12.6. The lowest BCUT2D eigenvalue weighted by molar-refractivity contribution is 0.0599. The van der Waals surface area contributed by atoms with Gasteiger partial charge in [-0.1, -0.05) is 17.7 Å². The number of aryl methyl sites for hydroxylation is 2. The van der Waals surface area contributed by atoms with Crippen molar-refractivity contribution >= 4 is 29.2 Å². The van der Waals surface area contributed by atoms with E-state index >= 15 is 0 Å². The molecular formula is C21H26ClN3O3. The van der Waals surface area contributed by atoms with Crippen molar-refractivity contribution in [2.24, 2.45) is 5.92 Å². The third-order valence-electron chi connectivity index (χ3n) is 5.40. The van der Waals surface area contributed by atoms with Crippen molar-refractivity contribution in [2.75, 3.05) is 31.6 Å². The number of aromatic nitrogens is 1. The Balaban J connectivity index is 1.62. The molecule has 1 saturated heterocycles. The van der Waals surface area contributed by atoms with E-state index in [1.807, 2.05) is 18.2 Å². The largest absolute Gasteiger partial charge is 0.465 e. The molecule has 6 nitrogen and oxygen atoms in total. The van der Waals surface area contributed by atoms with Crippen LogP contribution in [0.2, 0.25) is 5.02 Å². The molecule has 1 aromatic carbocycles. The van der Waals surface area contributed by atoms with Crippen LogP contribution in [0.4, 0.5) is 5.69 Å². The Bertz CT molecular complexity index is 907. The van der Waals surface area contributed by atoms with E-state index in [9.17, 15) is 9.59 Å². The Morgan fingerprint density at radius 1 is 1.32 bits per heavy atom. The highest BCUT2D eigenvalue weighted by Crippen LogP contribution is 2.29. The van der Waals surface area contributed by atoms with Gasteiger partial charge in [0.05, 0.1) is 12.7 Å². The van der Waals surface area contributed by atoms with Crippen LogP contribution in [0, 0.1) is 26.7 Å². The van der Waals surface area contributed by atoms with E-state index in [-0.39, 0.29) is 5.91 Å². The molecule has 0 bridgehead atoms. The number of halogens is 1. The zero-order chi connectivity index (χ0) is 20.4. The Labute approximate surface area is 170 Å². The Kier molecular flexibility index (Phi) is 5.98. The maximum absolute atomic E-state index is 12.6. The summed E-state index contributed by atoms with van der Waals surface area (Å²) in [6.07, 6.45) is 1.00. The van der Waals surface area contributed by atoms with Crippen LogP contribution in [0.25, 0.3) is 0 Å². The van der Waals surface area contributed by atoms with Crippen LogP contribution in [0.5, 0.6) is 0 Å². The Hall–Kier alpha value is -2.47. The van der Waals surface area contributed by atoms with Crippen molar-refractivity contribution < 1.29 is 14.3 Å². The Morgan fingerprint density at radius 3 is 2.79 bits per heavy atom. The number of aromatic amines is 1. The summed E-state index contributed by atoms with van der Waals surface area (Å²) in [5.74, 6) is -0.277. The molecule has 2 heterocycles. The summed E-state index contributed by atoms with van der Waals surface area (Å²) in [4.78, 5) is 29.8. The van der Waals surface area contributed by atoms with E-state index in [1.165, 1.54) is 12.7 Å². The van der Waals surface area contributed by atoms with Gasteiger partial charge in [0.15, 0.2) is 0 Å². The summed E-state index contributed by atoms with van der Waals surface area (Å²) < 4.78 is 4.80. The molecule has 1 fully saturated rings. The summed E-state index contributed by atoms with van der Waals surface area (Å²) in [5, 5.41) is 3.73. The van der Waals surface area contributed by atoms with Crippen LogP contribution in [0.1, 0.15) is 44.1 Å². The fraction of sp³-hybridized carbons (Fsp3) is 0.429. The van der Waals surface area contributed by atoms with Crippen LogP contribution in [-0.2, 0) is 4.74 Å². The number of methoxy groups -OCH3 is 1. The van der Waals surface area contributed by atoms with Gasteiger partial charge in [-0.25, -0.2) is 4.79 Å². The average Bonchev–Trinajstić information content (AvgIpc) is 3.25. The number of ether oxygens (including phenoxy) is 1. The number of nitrogens with one attached hydrogen (secondary N) is 2. The number of anilines is 1. The number of carbonyl (C=O) groups is 2. The number of hydrogen-bond donors (Lipinski definition) is 2. The van der Waals surface area contributed by atoms with E-state index in [0.717, 1.165) is 30.2 Å². The number of rotatable bonds is 5. The van der Waals surface area contributed by atoms with Crippen LogP contribution in [-0.4, -0.2) is 43.6 Å². The molecule has 1 unspecified atom stereocenters. The van der Waals surface area contributed by atoms with Crippen molar-refractivity contribution in [2.45, 2.75) is 27.2 Å². The second-order valence-electron chi connectivity index (χ2n) is 7.36. The molecule has 0 spiro atoms. The highest BCUT2D eigenvalue weighted by molar-refractivity contribution is 6.30. The third-order valence-corrected chi connectivity index (χ3v) is 5.64. The fourth-order valence-electron chi connectivity index (χ4n) is 3.85. The monoisotopic (exact) mass is 403 g/mol. The first-order valence-electron chi connectivity index (χ1n) is 9.38. The molecule has 7 heteroatoms. The zero-order valence-electron chi connectivity index (χ0n) is 16.7. The van der Waals surface area contributed by atoms with Gasteiger partial charge in [-0.15, -0.1) is 0 Å². The molecule has 0 aliphatic carbocycles. The predicted octanol–water partition coefficient (Wildman–Crippen LogP) is 3.64. The normalized spacial score (nSPS) is 16.3. The second kappa shape index (κ2) is 8.27. The molecule has 0 radical (unpaired) electrons. The molecule has 1 aliphatic rings. The van der Waals surface area contributed by atoms with Crippen molar-refractivity contribution in [1.29, 1.82) is 0 Å². The van der Waals surface area contributed by atoms with Gasteiger partial charge in [-0.3, -0.25) is 4.79 Å². The molecule has 150 valence electrons. The maximum Gasteiger partial charge on any atom is 0.339 e. The first-order chi connectivity index (χ1) is 13.3. The van der Waals surface area contributed by atoms with E-state index in [1.54, 1.807) is 13.8 Å². The Morgan fingerprint density at radius 2 is 2.07 bits per heavy atom. The standard InChI is InChI=1S/C21H26ClN3O3/c1-12-5-6-16(22)9-17(12)25-8-7-15(11-25)10-23-20(26)19-13(2)18(14(3)24-19)21(27)28-4/h5-6,9,15,24H,7-8,10-11H2,1-4H3,(H,23,26). The van der Waals surface area contributed by atoms with Gasteiger partial charge < -0.3 is 19.9 Å². The van der Waals surface area contributed by atoms with Crippen molar-refractivity contribution in [3.8, 4) is 0 Å². The third kappa shape index (κ3) is 4.02. The lowest BCUT2D eigenvalue weighted by Gasteiger charge is -2.21. The zero-order valence-corrected chi connectivity index (χ0v) is 17.4. The van der Waals surface area contributed by atoms with Crippen LogP contribution in [0.3, 0.4) is 0 Å². The topological polar surface area (TPSA) is 74.4 Å². The predicted molar refractivity (Wildman–Crippen MR) is 110 cm³/mol. The van der Waals surface area contributed by atoms with Crippen LogP contribution < -0.4 is 10.2 Å². The summed E-state index contributed by atoms with van der Waals surface area (Å²) in [6.45, 7) is 7.99. The molecular weight excluding hydrogens is 378 g/mol. The number of benzene rings is 1. The summed E-state index contributed by atoms with van der Waals surface area (Å²) in [7, 11) is 1.33. The molecule has 1 aromatic heterocycles. The first-order valence-corrected chi connectivity index (χ1v) is 9.76. The van der Waals surface area contributed by atoms with E-state index in [2.05, 4.69) is 22.1 Å². The number of amides is 1. The number of esters is 1. The first kappa shape index (κ1) is 20.3. The van der Waals surface area contributed by atoms with Crippen LogP contribution in [0.15, 0.2) is 18.2 Å². The highest BCUT2D eigenvalue weighted by Gasteiger charge is 2.26. The van der Waals surface area contributed by atoms with Crippen molar-refractivity contribution in [3.05, 3.63) is 51.3 Å². The molecule has 1 aliphatic heterocycles. The van der Waals surface area contributed by atoms with Gasteiger partial charge in [0.1, 0.15) is 5.69 Å². The van der Waals surface area contributed by atoms with E-state index in [0.29, 0.717) is 35.0 Å². The smallest absolute Gasteiger partial charge is 0.339 e. The molecule has 0 saturated carbocycles. The summed E-state index contributed by atoms with van der Waals surface area (Å²) >= 11 is 6.14. The van der Waals surface area contributed by atoms with Crippen molar-refractivity contribution in [1.82, 2.24) is 10.3 Å². The van der Waals surface area contributed by atoms with E-state index < -0.39 is 5.97 Å². The minimum Gasteiger partial charge on any atom is -0.465 e. The summed E-state index contributed by atoms with van der Waals surface area (Å²) in [6, 6.07) is 5.93. The lowest BCUT2D eigenvalue weighted by atomic mass is 10.1. The van der Waals surface area contributed by atoms with Gasteiger partial charge in [0, 0.05) is 36.0 Å². The molecule has 2 N–H and O–H groups in total. The van der Waals surface area contributed by atoms with Gasteiger partial charge >= 0.3 is 5.97 Å². The molecule has 1 amide bonds. The fourth-order valence-corrected chi connectivity index (χ4v) is 4.02. The van der Waals surface area contributed by atoms with Gasteiger partial charge in [0.25, 0.3) is 5.91 Å². The second-order valence-corrected chi connectivity index (χ2v) is 7.79. The molecule has 2 aromatic rings. The minimum absolute atomic E-state index is 0.201. The van der Waals surface area contributed by atoms with Gasteiger partial charge in [-0.2, -0.15) is 0 Å². The highest BCUT2D eigenvalue weighted by atomic mass is 35.5. The SMILES string of the molecule is COC(=O)c1c(C)[nH]c(C(=O)NCC2CCN(c3cc(Cl)ccc3C)C2)c1C.